The highest BCUT2D eigenvalue weighted by atomic mass is 32.1. The Morgan fingerprint density at radius 2 is 0.779 bits per heavy atom. The van der Waals surface area contributed by atoms with Crippen LogP contribution in [0.25, 0.3) is 41.8 Å². The van der Waals surface area contributed by atoms with E-state index in [9.17, 15) is 72.8 Å². The number of aromatic nitrogens is 8. The van der Waals surface area contributed by atoms with Crippen LogP contribution in [0, 0.1) is 32.1 Å². The summed E-state index contributed by atoms with van der Waals surface area (Å²) in [7, 11) is 0. The molecule has 5 aliphatic heterocycles. The molecule has 0 aromatic carbocycles. The lowest BCUT2D eigenvalue weighted by atomic mass is 9.78. The second kappa shape index (κ2) is 42.4. The first kappa shape index (κ1) is 105. The predicted octanol–water partition coefficient (Wildman–Crippen LogP) is 15.9. The minimum Gasteiger partial charge on any atom is -0.389 e. The molecule has 4 saturated carbocycles. The van der Waals surface area contributed by atoms with Gasteiger partial charge in [0.1, 0.15) is 52.1 Å². The molecule has 9 aliphatic rings. The molecule has 39 heteroatoms. The SMILES string of the molecule is C[C@H]1CCCN1C(=O)c1nc(C(=O)NCC(C)(C)O)sc1-c1cnc(NC2CCCCC2)c(C#N)c1.Cc1cc(NC2(C)CC2)ncc1-c1sc(C(=O)NCC(C)(C)O)nc1C(=O)N1CCC[C@@H]1C.Cc1cc(NC2(C)CCC2)ncc1-c1sc(C(=O)NCC(C)(C)O)nc1C(=O)N1C2CCC1CC2.Cc1cc(NC2(C)CCC2)ncc1-c1sc(C(=O)NCC(C)(C)O)nc1C(=O)N1CC(F)(F)C[C@@H]1C. The number of anilines is 4. The average Bonchev–Trinajstić information content (AvgIpc) is 1.62. The molecule has 12 N–H and O–H groups in total. The molecule has 140 heavy (non-hydrogen) atoms. The zero-order valence-electron chi connectivity index (χ0n) is 83.3. The highest BCUT2D eigenvalue weighted by Crippen LogP contribution is 2.46. The van der Waals surface area contributed by atoms with Gasteiger partial charge in [-0.25, -0.2) is 48.7 Å². The Balaban J connectivity index is 0.000000149. The third kappa shape index (κ3) is 26.0. The second-order valence-corrected chi connectivity index (χ2v) is 46.9. The number of thiazole rings is 4. The molecule has 5 saturated heterocycles. The summed E-state index contributed by atoms with van der Waals surface area (Å²) < 4.78 is 28.1. The maximum Gasteiger partial charge on any atom is 0.280 e. The van der Waals surface area contributed by atoms with Crippen molar-refractivity contribution in [3.05, 3.63) is 114 Å². The first-order chi connectivity index (χ1) is 65.8. The molecule has 8 aromatic heterocycles. The van der Waals surface area contributed by atoms with Crippen LogP contribution in [0.15, 0.2) is 49.1 Å². The third-order valence-corrected chi connectivity index (χ3v) is 31.8. The summed E-state index contributed by atoms with van der Waals surface area (Å²) in [6.45, 7) is 31.7. The van der Waals surface area contributed by atoms with Gasteiger partial charge in [0.15, 0.2) is 20.0 Å². The smallest absolute Gasteiger partial charge is 0.280 e. The van der Waals surface area contributed by atoms with E-state index in [-0.39, 0.29) is 122 Å². The number of halogens is 2. The number of hydrogen-bond acceptors (Lipinski definition) is 29. The van der Waals surface area contributed by atoms with E-state index in [4.69, 9.17) is 0 Å². The van der Waals surface area contributed by atoms with Crippen LogP contribution in [-0.2, 0) is 0 Å². The van der Waals surface area contributed by atoms with Crippen molar-refractivity contribution in [2.45, 2.75) is 340 Å². The van der Waals surface area contributed by atoms with Crippen LogP contribution in [-0.4, -0.2) is 254 Å². The minimum absolute atomic E-state index is 0.00936. The van der Waals surface area contributed by atoms with E-state index in [0.29, 0.717) is 78.4 Å². The highest BCUT2D eigenvalue weighted by Gasteiger charge is 2.49. The Hall–Kier alpha value is -10.7. The number of nitrogens with one attached hydrogen (secondary N) is 8. The maximum absolute atomic E-state index is 14.1. The summed E-state index contributed by atoms with van der Waals surface area (Å²) in [5.74, 6) is -2.99. The van der Waals surface area contributed by atoms with Crippen molar-refractivity contribution in [1.82, 2.24) is 80.7 Å². The Labute approximate surface area is 833 Å². The van der Waals surface area contributed by atoms with Crippen LogP contribution in [0.2, 0.25) is 0 Å². The van der Waals surface area contributed by atoms with Gasteiger partial charge in [0.25, 0.3) is 53.2 Å². The van der Waals surface area contributed by atoms with E-state index in [1.807, 2.05) is 62.6 Å². The summed E-state index contributed by atoms with van der Waals surface area (Å²) in [4.78, 5) is 150. The molecule has 33 nitrogen and oxygen atoms in total. The Morgan fingerprint density at radius 1 is 0.436 bits per heavy atom. The Bertz CT molecular complexity index is 5960. The van der Waals surface area contributed by atoms with Crippen LogP contribution in [0.5, 0.6) is 0 Å². The number of aryl methyl sites for hydroxylation is 3. The molecular weight excluding hydrogens is 1870 g/mol. The zero-order chi connectivity index (χ0) is 101. The van der Waals surface area contributed by atoms with Gasteiger partial charge in [0.05, 0.1) is 54.0 Å². The highest BCUT2D eigenvalue weighted by molar-refractivity contribution is 7.18. The normalized spacial score (nSPS) is 20.4. The lowest BCUT2D eigenvalue weighted by Gasteiger charge is -2.39. The number of likely N-dealkylation sites (tertiary alicyclic amines) is 3. The first-order valence-corrected chi connectivity index (χ1v) is 52.2. The van der Waals surface area contributed by atoms with Gasteiger partial charge in [0, 0.05) is 146 Å². The fourth-order valence-electron chi connectivity index (χ4n) is 18.7. The van der Waals surface area contributed by atoms with E-state index >= 15 is 0 Å². The number of nitriles is 1. The monoisotopic (exact) mass is 2000 g/mol. The molecule has 754 valence electrons. The van der Waals surface area contributed by atoms with Crippen LogP contribution >= 0.6 is 45.3 Å². The van der Waals surface area contributed by atoms with E-state index in [0.717, 1.165) is 183 Å². The lowest BCUT2D eigenvalue weighted by molar-refractivity contribution is 0.0117. The molecule has 13 heterocycles. The molecule has 4 aliphatic carbocycles. The number of amides is 8. The number of aliphatic hydroxyl groups is 4. The molecule has 2 bridgehead atoms. The van der Waals surface area contributed by atoms with Crippen LogP contribution in [0.1, 0.15) is 342 Å². The van der Waals surface area contributed by atoms with Crippen molar-refractivity contribution in [3.8, 4) is 47.8 Å². The number of hydrogen-bond donors (Lipinski definition) is 12. The summed E-state index contributed by atoms with van der Waals surface area (Å²) in [5, 5.41) is 74.9. The van der Waals surface area contributed by atoms with Crippen LogP contribution in [0.3, 0.4) is 0 Å². The Morgan fingerprint density at radius 3 is 1.09 bits per heavy atom. The first-order valence-electron chi connectivity index (χ1n) is 48.9. The number of nitrogens with zero attached hydrogens (tertiary/aromatic N) is 13. The molecule has 17 rings (SSSR count). The summed E-state index contributed by atoms with van der Waals surface area (Å²) in [5.41, 5.74) is 2.67. The van der Waals surface area contributed by atoms with Crippen molar-refractivity contribution in [3.63, 3.8) is 0 Å². The molecule has 8 amide bonds. The van der Waals surface area contributed by atoms with Gasteiger partial charge in [-0.3, -0.25) is 38.4 Å². The topological polar surface area (TPSA) is 454 Å². The number of fused-ring (bicyclic) bond motifs is 2. The van der Waals surface area contributed by atoms with Crippen molar-refractivity contribution in [2.24, 2.45) is 0 Å². The van der Waals surface area contributed by atoms with Crippen LogP contribution < -0.4 is 42.5 Å². The van der Waals surface area contributed by atoms with E-state index < -0.39 is 71.0 Å². The molecule has 0 unspecified atom stereocenters. The predicted molar refractivity (Wildman–Crippen MR) is 540 cm³/mol. The lowest BCUT2D eigenvalue weighted by Crippen LogP contribution is -2.41. The maximum atomic E-state index is 14.1. The van der Waals surface area contributed by atoms with Crippen molar-refractivity contribution >= 4 is 116 Å². The summed E-state index contributed by atoms with van der Waals surface area (Å²) in [6.07, 6.45) is 29.0. The molecule has 0 radical (unpaired) electrons. The Kier molecular flexibility index (Phi) is 31.9. The van der Waals surface area contributed by atoms with Gasteiger partial charge >= 0.3 is 0 Å². The van der Waals surface area contributed by atoms with E-state index in [1.165, 1.54) is 41.9 Å². The van der Waals surface area contributed by atoms with Gasteiger partial charge in [-0.15, -0.1) is 45.3 Å². The molecule has 9 fully saturated rings. The summed E-state index contributed by atoms with van der Waals surface area (Å²) >= 11 is 4.52. The molecule has 8 aromatic rings. The van der Waals surface area contributed by atoms with Crippen molar-refractivity contribution < 1.29 is 67.6 Å². The number of alkyl halides is 2. The minimum atomic E-state index is -2.97. The van der Waals surface area contributed by atoms with Gasteiger partial charge < -0.3 is 82.6 Å². The summed E-state index contributed by atoms with van der Waals surface area (Å²) in [6, 6.07) is 10.2. The fraction of sp³-hybridized carbons (Fsp3) is 0.594. The van der Waals surface area contributed by atoms with Gasteiger partial charge in [-0.05, 0) is 274 Å². The number of rotatable bonds is 28. The van der Waals surface area contributed by atoms with Gasteiger partial charge in [-0.2, -0.15) is 5.26 Å². The number of carbonyl (C=O) groups excluding carboxylic acids is 8. The second-order valence-electron chi connectivity index (χ2n) is 42.9. The van der Waals surface area contributed by atoms with Crippen molar-refractivity contribution in [1.29, 1.82) is 5.26 Å². The molecular formula is C101H135F2N21O12S4. The average molecular weight is 2000 g/mol. The van der Waals surface area contributed by atoms with E-state index in [1.54, 1.807) is 98.1 Å². The van der Waals surface area contributed by atoms with Crippen molar-refractivity contribution in [2.75, 3.05) is 67.1 Å². The van der Waals surface area contributed by atoms with Gasteiger partial charge in [-0.1, -0.05) is 19.3 Å². The molecule has 0 spiro atoms. The standard InChI is InChI=1S/C26H34N6O3S.C26H35N5O3S.C25H33F2N5O3S.C24H33N5O3S/c1-16-8-7-11-32(16)25(34)20-21(36-24(31-20)23(33)29-15-26(2,3)35)18-12-17(13-27)22(28-14-18)30-19-9-5-4-6-10-19;1-15-12-19(30-26(4)10-5-11-26)27-13-18(15)21-20(24(33)31-16-6-7-17(31)9-8-16)29-23(35-21)22(32)28-14-25(2,3)34;1-14-9-17(31-24(5)7-6-8-24)28-11-16(14)19-18(22(34)32-13-25(26,27)10-15(32)2)30-21(36-19)20(33)29-12-23(3,4)35;1-14-11-17(28-24(5)8-9-24)25-12-16(14)19-18(22(31)29-10-6-7-15(29)2)27-21(33-19)20(30)26-13-23(3,4)32/h12,14,16,19,35H,4-11,15H2,1-3H3,(H,28,30)(H,29,33);12-13,16-17,34H,5-11,14H2,1-4H3,(H,27,30)(H,28,32);9,11,15,35H,6-8,10,12-13H2,1-5H3,(H,28,31)(H,29,33);11-12,15,32H,6-10,13H2,1-5H3,(H,25,28)(H,26,30)/t16-;;2*15-/m0.00/s1. The van der Waals surface area contributed by atoms with Crippen LogP contribution in [0.4, 0.5) is 32.1 Å². The third-order valence-electron chi connectivity index (χ3n) is 27.4. The largest absolute Gasteiger partial charge is 0.389 e. The van der Waals surface area contributed by atoms with E-state index in [2.05, 4.69) is 109 Å². The number of pyridine rings is 4. The quantitative estimate of drug-likeness (QED) is 0.0217. The van der Waals surface area contributed by atoms with Gasteiger partial charge in [0.2, 0.25) is 0 Å². The molecule has 3 atom stereocenters. The number of carbonyl (C=O) groups is 8. The fourth-order valence-corrected chi connectivity index (χ4v) is 22.8. The zero-order valence-corrected chi connectivity index (χ0v) is 86.6.